The van der Waals surface area contributed by atoms with E-state index in [9.17, 15) is 0 Å². The predicted molar refractivity (Wildman–Crippen MR) is 79.9 cm³/mol. The van der Waals surface area contributed by atoms with Gasteiger partial charge in [0.25, 0.3) is 0 Å². The van der Waals surface area contributed by atoms with Crippen LogP contribution < -0.4 is 10.6 Å². The second-order valence-corrected chi connectivity index (χ2v) is 5.38. The number of aryl methyl sites for hydroxylation is 1. The predicted octanol–water partition coefficient (Wildman–Crippen LogP) is 3.62. The molecule has 0 aliphatic carbocycles. The Bertz CT molecular complexity index is 370. The molecule has 3 heteroatoms. The number of nitrogens with zero attached hydrogens (tertiary/aromatic N) is 2. The number of rotatable bonds is 6. The Balaban J connectivity index is 3.11. The van der Waals surface area contributed by atoms with Gasteiger partial charge in [0.1, 0.15) is 0 Å². The van der Waals surface area contributed by atoms with Crippen LogP contribution >= 0.6 is 0 Å². The van der Waals surface area contributed by atoms with Crippen LogP contribution in [0, 0.1) is 12.8 Å². The highest BCUT2D eigenvalue weighted by molar-refractivity contribution is 5.63. The Morgan fingerprint density at radius 1 is 1.22 bits per heavy atom. The number of anilines is 2. The SMILES string of the molecule is CCC(CC)N(CC(C)C)c1nc(C)ccc1N. The second kappa shape index (κ2) is 6.62. The van der Waals surface area contributed by atoms with Crippen LogP contribution in [-0.4, -0.2) is 17.6 Å². The van der Waals surface area contributed by atoms with E-state index in [-0.39, 0.29) is 0 Å². The lowest BCUT2D eigenvalue weighted by Gasteiger charge is -2.34. The van der Waals surface area contributed by atoms with Crippen molar-refractivity contribution in [1.29, 1.82) is 0 Å². The van der Waals surface area contributed by atoms with E-state index < -0.39 is 0 Å². The molecule has 1 aromatic heterocycles. The van der Waals surface area contributed by atoms with Gasteiger partial charge in [-0.2, -0.15) is 0 Å². The summed E-state index contributed by atoms with van der Waals surface area (Å²) in [5.74, 6) is 1.56. The van der Waals surface area contributed by atoms with E-state index in [1.807, 2.05) is 19.1 Å². The van der Waals surface area contributed by atoms with Crippen molar-refractivity contribution in [2.75, 3.05) is 17.2 Å². The van der Waals surface area contributed by atoms with Gasteiger partial charge in [-0.05, 0) is 37.8 Å². The lowest BCUT2D eigenvalue weighted by molar-refractivity contribution is 0.503. The largest absolute Gasteiger partial charge is 0.396 e. The Labute approximate surface area is 111 Å². The summed E-state index contributed by atoms with van der Waals surface area (Å²) in [6.07, 6.45) is 2.25. The molecule has 0 fully saturated rings. The van der Waals surface area contributed by atoms with Gasteiger partial charge in [0.2, 0.25) is 0 Å². The van der Waals surface area contributed by atoms with Gasteiger partial charge in [-0.1, -0.05) is 27.7 Å². The van der Waals surface area contributed by atoms with Crippen molar-refractivity contribution < 1.29 is 0 Å². The zero-order valence-corrected chi connectivity index (χ0v) is 12.4. The molecule has 0 saturated carbocycles. The summed E-state index contributed by atoms with van der Waals surface area (Å²) in [6, 6.07) is 4.45. The van der Waals surface area contributed by atoms with Crippen molar-refractivity contribution in [3.05, 3.63) is 17.8 Å². The standard InChI is InChI=1S/C15H27N3/c1-6-13(7-2)18(10-11(3)4)15-14(16)9-8-12(5)17-15/h8-9,11,13H,6-7,10,16H2,1-5H3. The molecule has 102 valence electrons. The first kappa shape index (κ1) is 14.8. The van der Waals surface area contributed by atoms with E-state index in [0.29, 0.717) is 12.0 Å². The van der Waals surface area contributed by atoms with Crippen LogP contribution in [0.2, 0.25) is 0 Å². The van der Waals surface area contributed by atoms with Crippen molar-refractivity contribution in [1.82, 2.24) is 4.98 Å². The van der Waals surface area contributed by atoms with Crippen LogP contribution in [0.15, 0.2) is 12.1 Å². The third-order valence-electron chi connectivity index (χ3n) is 3.26. The molecule has 0 saturated heterocycles. The lowest BCUT2D eigenvalue weighted by atomic mass is 10.1. The Morgan fingerprint density at radius 2 is 1.83 bits per heavy atom. The summed E-state index contributed by atoms with van der Waals surface area (Å²) in [4.78, 5) is 7.03. The normalized spacial score (nSPS) is 11.3. The minimum atomic E-state index is 0.518. The summed E-state index contributed by atoms with van der Waals surface area (Å²) in [7, 11) is 0. The van der Waals surface area contributed by atoms with Gasteiger partial charge in [0, 0.05) is 18.3 Å². The molecule has 0 aromatic carbocycles. The number of hydrogen-bond acceptors (Lipinski definition) is 3. The molecule has 0 aliphatic rings. The fraction of sp³-hybridized carbons (Fsp3) is 0.667. The monoisotopic (exact) mass is 249 g/mol. The minimum Gasteiger partial charge on any atom is -0.396 e. The zero-order chi connectivity index (χ0) is 13.7. The third kappa shape index (κ3) is 3.62. The van der Waals surface area contributed by atoms with Gasteiger partial charge in [-0.25, -0.2) is 4.98 Å². The van der Waals surface area contributed by atoms with Gasteiger partial charge < -0.3 is 10.6 Å². The molecule has 2 N–H and O–H groups in total. The van der Waals surface area contributed by atoms with Crippen LogP contribution in [0.4, 0.5) is 11.5 Å². The third-order valence-corrected chi connectivity index (χ3v) is 3.26. The van der Waals surface area contributed by atoms with Crippen molar-refractivity contribution in [3.8, 4) is 0 Å². The molecule has 0 unspecified atom stereocenters. The van der Waals surface area contributed by atoms with Gasteiger partial charge in [0.15, 0.2) is 5.82 Å². The molecule has 0 atom stereocenters. The van der Waals surface area contributed by atoms with Gasteiger partial charge >= 0.3 is 0 Å². The summed E-state index contributed by atoms with van der Waals surface area (Å²) in [6.45, 7) is 12.0. The Kier molecular flexibility index (Phi) is 5.45. The Hall–Kier alpha value is -1.25. The van der Waals surface area contributed by atoms with E-state index >= 15 is 0 Å². The molecule has 0 aliphatic heterocycles. The van der Waals surface area contributed by atoms with Crippen LogP contribution in [0.1, 0.15) is 46.2 Å². The molecule has 0 spiro atoms. The molecule has 1 aromatic rings. The van der Waals surface area contributed by atoms with E-state index in [0.717, 1.165) is 36.6 Å². The van der Waals surface area contributed by atoms with Crippen LogP contribution in [0.3, 0.4) is 0 Å². The molecule has 0 amide bonds. The summed E-state index contributed by atoms with van der Waals surface area (Å²) < 4.78 is 0. The van der Waals surface area contributed by atoms with Crippen LogP contribution in [-0.2, 0) is 0 Å². The maximum Gasteiger partial charge on any atom is 0.152 e. The van der Waals surface area contributed by atoms with Gasteiger partial charge in [0.05, 0.1) is 5.69 Å². The minimum absolute atomic E-state index is 0.518. The highest BCUT2D eigenvalue weighted by Gasteiger charge is 2.20. The molecule has 0 radical (unpaired) electrons. The average Bonchev–Trinajstić information content (AvgIpc) is 2.32. The first-order valence-electron chi connectivity index (χ1n) is 6.99. The molecular formula is C15H27N3. The van der Waals surface area contributed by atoms with E-state index in [2.05, 4.69) is 37.6 Å². The highest BCUT2D eigenvalue weighted by atomic mass is 15.2. The van der Waals surface area contributed by atoms with Gasteiger partial charge in [-0.3, -0.25) is 0 Å². The van der Waals surface area contributed by atoms with Crippen molar-refractivity contribution in [3.63, 3.8) is 0 Å². The van der Waals surface area contributed by atoms with E-state index in [4.69, 9.17) is 5.73 Å². The molecule has 18 heavy (non-hydrogen) atoms. The average molecular weight is 249 g/mol. The number of pyridine rings is 1. The zero-order valence-electron chi connectivity index (χ0n) is 12.4. The Morgan fingerprint density at radius 3 is 2.33 bits per heavy atom. The van der Waals surface area contributed by atoms with E-state index in [1.54, 1.807) is 0 Å². The first-order chi connectivity index (χ1) is 8.49. The quantitative estimate of drug-likeness (QED) is 0.837. The fourth-order valence-electron chi connectivity index (χ4n) is 2.32. The smallest absolute Gasteiger partial charge is 0.152 e. The van der Waals surface area contributed by atoms with Crippen molar-refractivity contribution in [2.45, 2.75) is 53.5 Å². The second-order valence-electron chi connectivity index (χ2n) is 5.38. The van der Waals surface area contributed by atoms with Crippen LogP contribution in [0.5, 0.6) is 0 Å². The maximum atomic E-state index is 6.11. The summed E-state index contributed by atoms with van der Waals surface area (Å²) in [5, 5.41) is 0. The fourth-order valence-corrected chi connectivity index (χ4v) is 2.32. The maximum absolute atomic E-state index is 6.11. The van der Waals surface area contributed by atoms with E-state index in [1.165, 1.54) is 0 Å². The van der Waals surface area contributed by atoms with Crippen molar-refractivity contribution in [2.24, 2.45) is 5.92 Å². The van der Waals surface area contributed by atoms with Crippen molar-refractivity contribution >= 4 is 11.5 Å². The number of aromatic nitrogens is 1. The summed E-state index contributed by atoms with van der Waals surface area (Å²) in [5.41, 5.74) is 7.92. The summed E-state index contributed by atoms with van der Waals surface area (Å²) >= 11 is 0. The molecule has 1 heterocycles. The number of nitrogens with two attached hydrogens (primary N) is 1. The molecular weight excluding hydrogens is 222 g/mol. The van der Waals surface area contributed by atoms with Crippen LogP contribution in [0.25, 0.3) is 0 Å². The highest BCUT2D eigenvalue weighted by Crippen LogP contribution is 2.26. The first-order valence-corrected chi connectivity index (χ1v) is 6.99. The van der Waals surface area contributed by atoms with Gasteiger partial charge in [-0.15, -0.1) is 0 Å². The molecule has 1 rings (SSSR count). The number of nitrogen functional groups attached to an aromatic ring is 1. The number of hydrogen-bond donors (Lipinski definition) is 1. The topological polar surface area (TPSA) is 42.2 Å². The lowest BCUT2D eigenvalue weighted by Crippen LogP contribution is -2.38. The molecule has 3 nitrogen and oxygen atoms in total. The molecule has 0 bridgehead atoms.